The van der Waals surface area contributed by atoms with Crippen LogP contribution in [0.3, 0.4) is 0 Å². The molecule has 0 bridgehead atoms. The molecule has 1 unspecified atom stereocenters. The van der Waals surface area contributed by atoms with Crippen molar-refractivity contribution < 1.29 is 22.7 Å². The maximum atomic E-state index is 12.2. The van der Waals surface area contributed by atoms with Gasteiger partial charge in [-0.1, -0.05) is 19.3 Å². The first-order valence-electron chi connectivity index (χ1n) is 9.07. The Bertz CT molecular complexity index is 780. The van der Waals surface area contributed by atoms with Crippen LogP contribution in [-0.4, -0.2) is 48.2 Å². The second-order valence-corrected chi connectivity index (χ2v) is 9.39. The number of rotatable bonds is 5. The van der Waals surface area contributed by atoms with Crippen LogP contribution < -0.4 is 5.32 Å². The second kappa shape index (κ2) is 7.77. The molecule has 1 aromatic rings. The number of aryl methyl sites for hydroxylation is 1. The summed E-state index contributed by atoms with van der Waals surface area (Å²) in [7, 11) is -3.06. The Morgan fingerprint density at radius 2 is 2.00 bits per heavy atom. The molecule has 0 radical (unpaired) electrons. The normalized spacial score (nSPS) is 22.9. The molecule has 8 nitrogen and oxygen atoms in total. The van der Waals surface area contributed by atoms with Gasteiger partial charge in [-0.05, 0) is 26.2 Å². The summed E-state index contributed by atoms with van der Waals surface area (Å²) in [5.41, 5.74) is 0.684. The summed E-state index contributed by atoms with van der Waals surface area (Å²) >= 11 is 0. The fourth-order valence-electron chi connectivity index (χ4n) is 3.63. The molecule has 1 saturated heterocycles. The third-order valence-electron chi connectivity index (χ3n) is 4.96. The van der Waals surface area contributed by atoms with E-state index >= 15 is 0 Å². The van der Waals surface area contributed by atoms with Crippen molar-refractivity contribution in [2.24, 2.45) is 5.92 Å². The standard InChI is InChI=1S/C17H25N3O5S/c1-12-9-15(20(19-12)14-7-8-26(23,24)11-14)18-16(21)10-25-17(22)13-5-3-2-4-6-13/h9,13-14H,2-8,10-11H2,1H3,(H,18,21). The summed E-state index contributed by atoms with van der Waals surface area (Å²) in [6.07, 6.45) is 5.31. The van der Waals surface area contributed by atoms with Gasteiger partial charge in [0, 0.05) is 6.07 Å². The van der Waals surface area contributed by atoms with Gasteiger partial charge in [0.2, 0.25) is 0 Å². The molecule has 1 amide bonds. The number of amides is 1. The zero-order valence-corrected chi connectivity index (χ0v) is 15.8. The lowest BCUT2D eigenvalue weighted by molar-refractivity contribution is -0.152. The lowest BCUT2D eigenvalue weighted by atomic mass is 9.89. The van der Waals surface area contributed by atoms with Gasteiger partial charge in [0.15, 0.2) is 16.4 Å². The van der Waals surface area contributed by atoms with Gasteiger partial charge in [-0.2, -0.15) is 5.10 Å². The average Bonchev–Trinajstić information content (AvgIpc) is 3.15. The van der Waals surface area contributed by atoms with E-state index in [1.165, 1.54) is 0 Å². The number of hydrogen-bond acceptors (Lipinski definition) is 6. The number of carbonyl (C=O) groups is 2. The minimum atomic E-state index is -3.06. The van der Waals surface area contributed by atoms with E-state index in [4.69, 9.17) is 4.74 Å². The van der Waals surface area contributed by atoms with Crippen molar-refractivity contribution in [2.75, 3.05) is 23.4 Å². The smallest absolute Gasteiger partial charge is 0.309 e. The molecule has 2 aliphatic rings. The van der Waals surface area contributed by atoms with Crippen LogP contribution >= 0.6 is 0 Å². The first-order valence-corrected chi connectivity index (χ1v) is 10.9. The Kier molecular flexibility index (Phi) is 5.64. The van der Waals surface area contributed by atoms with Gasteiger partial charge in [0.25, 0.3) is 5.91 Å². The monoisotopic (exact) mass is 383 g/mol. The minimum absolute atomic E-state index is 0.0215. The molecule has 1 saturated carbocycles. The van der Waals surface area contributed by atoms with Crippen LogP contribution in [0.5, 0.6) is 0 Å². The van der Waals surface area contributed by atoms with Gasteiger partial charge in [-0.3, -0.25) is 9.59 Å². The van der Waals surface area contributed by atoms with Crippen molar-refractivity contribution in [3.63, 3.8) is 0 Å². The van der Waals surface area contributed by atoms with Crippen LogP contribution in [0.2, 0.25) is 0 Å². The fourth-order valence-corrected chi connectivity index (χ4v) is 5.32. The Morgan fingerprint density at radius 3 is 2.65 bits per heavy atom. The highest BCUT2D eigenvalue weighted by molar-refractivity contribution is 7.91. The Balaban J connectivity index is 1.57. The third kappa shape index (κ3) is 4.63. The zero-order chi connectivity index (χ0) is 18.7. The van der Waals surface area contributed by atoms with Gasteiger partial charge < -0.3 is 10.1 Å². The molecule has 1 N–H and O–H groups in total. The number of nitrogens with one attached hydrogen (secondary N) is 1. The van der Waals surface area contributed by atoms with Crippen LogP contribution in [-0.2, 0) is 24.2 Å². The van der Waals surface area contributed by atoms with Crippen LogP contribution in [0.4, 0.5) is 5.82 Å². The minimum Gasteiger partial charge on any atom is -0.455 e. The molecular weight excluding hydrogens is 358 g/mol. The summed E-state index contributed by atoms with van der Waals surface area (Å²) < 4.78 is 30.1. The molecule has 2 heterocycles. The third-order valence-corrected chi connectivity index (χ3v) is 6.71. The average molecular weight is 383 g/mol. The van der Waals surface area contributed by atoms with Crippen LogP contribution in [0.25, 0.3) is 0 Å². The summed E-state index contributed by atoms with van der Waals surface area (Å²) in [5, 5.41) is 6.99. The number of ether oxygens (including phenoxy) is 1. The number of aromatic nitrogens is 2. The van der Waals surface area contributed by atoms with Gasteiger partial charge >= 0.3 is 5.97 Å². The summed E-state index contributed by atoms with van der Waals surface area (Å²) in [6.45, 7) is 1.43. The van der Waals surface area contributed by atoms with E-state index in [-0.39, 0.29) is 36.0 Å². The van der Waals surface area contributed by atoms with Crippen molar-refractivity contribution in [1.29, 1.82) is 0 Å². The van der Waals surface area contributed by atoms with E-state index in [0.717, 1.165) is 32.1 Å². The summed E-state index contributed by atoms with van der Waals surface area (Å²) in [6, 6.07) is 1.40. The number of nitrogens with zero attached hydrogens (tertiary/aromatic N) is 2. The predicted octanol–water partition coefficient (Wildman–Crippen LogP) is 1.61. The maximum Gasteiger partial charge on any atom is 0.309 e. The van der Waals surface area contributed by atoms with Gasteiger partial charge in [0.05, 0.1) is 29.2 Å². The largest absolute Gasteiger partial charge is 0.455 e. The first-order chi connectivity index (χ1) is 12.3. The van der Waals surface area contributed by atoms with Gasteiger partial charge in [-0.25, -0.2) is 13.1 Å². The summed E-state index contributed by atoms with van der Waals surface area (Å²) in [4.78, 5) is 24.2. The molecular formula is C17H25N3O5S. The molecule has 9 heteroatoms. The molecule has 144 valence electrons. The quantitative estimate of drug-likeness (QED) is 0.774. The highest BCUT2D eigenvalue weighted by Gasteiger charge is 2.31. The van der Waals surface area contributed by atoms with Crippen molar-refractivity contribution >= 4 is 27.5 Å². The highest BCUT2D eigenvalue weighted by Crippen LogP contribution is 2.27. The van der Waals surface area contributed by atoms with Crippen molar-refractivity contribution in [3.8, 4) is 0 Å². The van der Waals surface area contributed by atoms with Crippen molar-refractivity contribution in [1.82, 2.24) is 9.78 Å². The van der Waals surface area contributed by atoms with E-state index in [1.807, 2.05) is 0 Å². The number of hydrogen-bond donors (Lipinski definition) is 1. The lowest BCUT2D eigenvalue weighted by Gasteiger charge is -2.19. The molecule has 1 aliphatic heterocycles. The molecule has 0 spiro atoms. The lowest BCUT2D eigenvalue weighted by Crippen LogP contribution is -2.27. The van der Waals surface area contributed by atoms with Gasteiger partial charge in [0.1, 0.15) is 5.82 Å². The Hall–Kier alpha value is -1.90. The van der Waals surface area contributed by atoms with Crippen molar-refractivity contribution in [2.45, 2.75) is 51.5 Å². The van der Waals surface area contributed by atoms with E-state index in [0.29, 0.717) is 17.9 Å². The Morgan fingerprint density at radius 1 is 1.27 bits per heavy atom. The van der Waals surface area contributed by atoms with E-state index < -0.39 is 15.7 Å². The molecule has 1 aliphatic carbocycles. The molecule has 26 heavy (non-hydrogen) atoms. The van der Waals surface area contributed by atoms with Crippen LogP contribution in [0, 0.1) is 12.8 Å². The van der Waals surface area contributed by atoms with Gasteiger partial charge in [-0.15, -0.1) is 0 Å². The fraction of sp³-hybridized carbons (Fsp3) is 0.706. The van der Waals surface area contributed by atoms with Crippen LogP contribution in [0.15, 0.2) is 6.07 Å². The number of sulfone groups is 1. The van der Waals surface area contributed by atoms with E-state index in [2.05, 4.69) is 10.4 Å². The van der Waals surface area contributed by atoms with Crippen LogP contribution in [0.1, 0.15) is 50.3 Å². The zero-order valence-electron chi connectivity index (χ0n) is 14.9. The molecule has 2 fully saturated rings. The van der Waals surface area contributed by atoms with Crippen molar-refractivity contribution in [3.05, 3.63) is 11.8 Å². The summed E-state index contributed by atoms with van der Waals surface area (Å²) in [5.74, 6) is -0.282. The van der Waals surface area contributed by atoms with E-state index in [1.54, 1.807) is 17.7 Å². The predicted molar refractivity (Wildman–Crippen MR) is 95.4 cm³/mol. The maximum absolute atomic E-state index is 12.2. The topological polar surface area (TPSA) is 107 Å². The SMILES string of the molecule is Cc1cc(NC(=O)COC(=O)C2CCCCC2)n(C2CCS(=O)(=O)C2)n1. The first kappa shape index (κ1) is 18.9. The Labute approximate surface area is 153 Å². The molecule has 3 rings (SSSR count). The number of esters is 1. The molecule has 1 aromatic heterocycles. The number of carbonyl (C=O) groups excluding carboxylic acids is 2. The number of anilines is 1. The molecule has 0 aromatic carbocycles. The molecule has 1 atom stereocenters. The highest BCUT2D eigenvalue weighted by atomic mass is 32.2. The second-order valence-electron chi connectivity index (χ2n) is 7.16. The van der Waals surface area contributed by atoms with E-state index in [9.17, 15) is 18.0 Å².